The van der Waals surface area contributed by atoms with Gasteiger partial charge >= 0.3 is 0 Å². The van der Waals surface area contributed by atoms with Crippen molar-refractivity contribution in [3.8, 4) is 22.3 Å². The Morgan fingerprint density at radius 1 is 0.456 bits per heavy atom. The number of hydrogen-bond acceptors (Lipinski definition) is 6. The molecule has 0 saturated heterocycles. The molecule has 1 unspecified atom stereocenters. The van der Waals surface area contributed by atoms with Crippen LogP contribution in [-0.4, -0.2) is 11.7 Å². The van der Waals surface area contributed by atoms with Crippen LogP contribution in [0.4, 0.5) is 0 Å². The van der Waals surface area contributed by atoms with Gasteiger partial charge in [0.15, 0.2) is 12.0 Å². The van der Waals surface area contributed by atoms with Crippen molar-refractivity contribution in [1.82, 2.24) is 5.32 Å². The molecule has 57 heavy (non-hydrogen) atoms. The van der Waals surface area contributed by atoms with E-state index < -0.39 is 6.17 Å². The van der Waals surface area contributed by atoms with Crippen molar-refractivity contribution in [3.63, 3.8) is 0 Å². The molecule has 6 heteroatoms. The molecule has 0 radical (unpaired) electrons. The molecule has 0 saturated carbocycles. The second kappa shape index (κ2) is 12.6. The van der Waals surface area contributed by atoms with Crippen LogP contribution in [0.15, 0.2) is 195 Å². The van der Waals surface area contributed by atoms with Gasteiger partial charge in [0.1, 0.15) is 28.2 Å². The summed E-state index contributed by atoms with van der Waals surface area (Å²) in [5, 5.41) is 10.6. The fraction of sp³-hybridized carbons (Fsp3) is 0.0196. The van der Waals surface area contributed by atoms with Crippen LogP contribution in [0.1, 0.15) is 22.9 Å². The topological polar surface area (TPSA) is 63.0 Å². The highest BCUT2D eigenvalue weighted by molar-refractivity contribution is 7.25. The van der Waals surface area contributed by atoms with Gasteiger partial charge in [0.25, 0.3) is 0 Å². The Balaban J connectivity index is 1.01. The maximum Gasteiger partial charge on any atom is 0.159 e. The lowest BCUT2D eigenvalue weighted by Gasteiger charge is -2.24. The van der Waals surface area contributed by atoms with Gasteiger partial charge in [0.2, 0.25) is 0 Å². The van der Waals surface area contributed by atoms with Crippen molar-refractivity contribution in [2.75, 3.05) is 0 Å². The summed E-state index contributed by atoms with van der Waals surface area (Å²) in [4.78, 5) is 10.4. The van der Waals surface area contributed by atoms with Gasteiger partial charge in [-0.2, -0.15) is 0 Å². The van der Waals surface area contributed by atoms with Crippen molar-refractivity contribution in [2.45, 2.75) is 6.17 Å². The fourth-order valence-electron chi connectivity index (χ4n) is 8.45. The van der Waals surface area contributed by atoms with Crippen molar-refractivity contribution in [1.29, 1.82) is 0 Å². The third-order valence-corrected chi connectivity index (χ3v) is 12.3. The Bertz CT molecular complexity index is 3460. The van der Waals surface area contributed by atoms with Crippen LogP contribution >= 0.6 is 11.3 Å². The number of nitrogens with one attached hydrogen (secondary N) is 1. The van der Waals surface area contributed by atoms with Gasteiger partial charge in [-0.05, 0) is 64.7 Å². The Morgan fingerprint density at radius 3 is 2.05 bits per heavy atom. The molecular weight excluding hydrogens is 719 g/mol. The maximum atomic E-state index is 6.58. The first kappa shape index (κ1) is 32.0. The van der Waals surface area contributed by atoms with E-state index in [0.29, 0.717) is 5.84 Å². The molecule has 1 aliphatic rings. The number of nitrogens with zero attached hydrogens (tertiary/aromatic N) is 2. The molecule has 12 rings (SSSR count). The summed E-state index contributed by atoms with van der Waals surface area (Å²) >= 11 is 1.84. The number of thiophene rings is 1. The number of amidine groups is 2. The molecule has 268 valence electrons. The van der Waals surface area contributed by atoms with Gasteiger partial charge in [-0.1, -0.05) is 133 Å². The van der Waals surface area contributed by atoms with E-state index in [4.69, 9.17) is 18.8 Å². The normalized spacial score (nSPS) is 14.5. The predicted octanol–water partition coefficient (Wildman–Crippen LogP) is 13.7. The van der Waals surface area contributed by atoms with Crippen LogP contribution in [0, 0.1) is 0 Å². The molecule has 1 N–H and O–H groups in total. The number of aliphatic imine (C=N–C) groups is 2. The molecule has 0 amide bonds. The summed E-state index contributed by atoms with van der Waals surface area (Å²) in [7, 11) is 0. The number of furan rings is 2. The molecule has 0 spiro atoms. The fourth-order valence-corrected chi connectivity index (χ4v) is 9.59. The van der Waals surface area contributed by atoms with Gasteiger partial charge in [0.05, 0.1) is 0 Å². The lowest BCUT2D eigenvalue weighted by Crippen LogP contribution is -2.33. The van der Waals surface area contributed by atoms with Crippen LogP contribution in [-0.2, 0) is 0 Å². The van der Waals surface area contributed by atoms with E-state index in [9.17, 15) is 0 Å². The van der Waals surface area contributed by atoms with Crippen molar-refractivity contribution < 1.29 is 8.83 Å². The molecule has 0 bridgehead atoms. The molecule has 3 aromatic heterocycles. The second-order valence-corrected chi connectivity index (χ2v) is 15.6. The molecule has 1 atom stereocenters. The molecule has 5 nitrogen and oxygen atoms in total. The highest BCUT2D eigenvalue weighted by Crippen LogP contribution is 2.42. The minimum atomic E-state index is -0.433. The largest absolute Gasteiger partial charge is 0.456 e. The zero-order valence-electron chi connectivity index (χ0n) is 30.4. The van der Waals surface area contributed by atoms with Gasteiger partial charge in [-0.15, -0.1) is 11.3 Å². The van der Waals surface area contributed by atoms with E-state index in [0.717, 1.165) is 88.7 Å². The molecule has 4 heterocycles. The summed E-state index contributed by atoms with van der Waals surface area (Å²) < 4.78 is 15.6. The molecule has 11 aromatic rings. The van der Waals surface area contributed by atoms with E-state index in [1.54, 1.807) is 0 Å². The van der Waals surface area contributed by atoms with Gasteiger partial charge in [-0.3, -0.25) is 0 Å². The Morgan fingerprint density at radius 2 is 1.16 bits per heavy atom. The SMILES string of the molecule is c1ccc(C2=NC(c3cccc4c3oc3ccccc34)NC(c3cccc(-c4cc(-c5ccc6c(c5)sc5ccccc56)cc5oc6ccccc6c45)c3)=N2)cc1. The number of fused-ring (bicyclic) bond motifs is 9. The van der Waals surface area contributed by atoms with Gasteiger partial charge in [0, 0.05) is 58.4 Å². The first-order chi connectivity index (χ1) is 28.2. The lowest BCUT2D eigenvalue weighted by atomic mass is 9.93. The maximum absolute atomic E-state index is 6.58. The quantitative estimate of drug-likeness (QED) is 0.191. The highest BCUT2D eigenvalue weighted by atomic mass is 32.1. The summed E-state index contributed by atoms with van der Waals surface area (Å²) in [6.07, 6.45) is -0.433. The predicted molar refractivity (Wildman–Crippen MR) is 237 cm³/mol. The lowest BCUT2D eigenvalue weighted by molar-refractivity contribution is 0.628. The first-order valence-electron chi connectivity index (χ1n) is 19.1. The van der Waals surface area contributed by atoms with Crippen LogP contribution in [0.3, 0.4) is 0 Å². The van der Waals surface area contributed by atoms with Gasteiger partial charge in [-0.25, -0.2) is 9.98 Å². The van der Waals surface area contributed by atoms with Crippen molar-refractivity contribution in [2.24, 2.45) is 9.98 Å². The summed E-state index contributed by atoms with van der Waals surface area (Å²) in [6.45, 7) is 0. The summed E-state index contributed by atoms with van der Waals surface area (Å²) in [5.41, 5.74) is 10.7. The van der Waals surface area contributed by atoms with Crippen LogP contribution in [0.25, 0.3) is 86.3 Å². The van der Waals surface area contributed by atoms with E-state index in [1.165, 1.54) is 20.2 Å². The molecule has 1 aliphatic heterocycles. The average molecular weight is 750 g/mol. The zero-order valence-corrected chi connectivity index (χ0v) is 31.3. The minimum Gasteiger partial charge on any atom is -0.456 e. The molecule has 0 aliphatic carbocycles. The Labute approximate surface area is 330 Å². The van der Waals surface area contributed by atoms with E-state index >= 15 is 0 Å². The van der Waals surface area contributed by atoms with Crippen molar-refractivity contribution in [3.05, 3.63) is 193 Å². The number of hydrogen-bond donors (Lipinski definition) is 1. The smallest absolute Gasteiger partial charge is 0.159 e. The molecule has 0 fully saturated rings. The third-order valence-electron chi connectivity index (χ3n) is 11.1. The average Bonchev–Trinajstić information content (AvgIpc) is 3.97. The van der Waals surface area contributed by atoms with E-state index in [2.05, 4.69) is 133 Å². The van der Waals surface area contributed by atoms with Crippen LogP contribution in [0.5, 0.6) is 0 Å². The second-order valence-electron chi connectivity index (χ2n) is 14.5. The monoisotopic (exact) mass is 749 g/mol. The van der Waals surface area contributed by atoms with Gasteiger partial charge < -0.3 is 14.2 Å². The summed E-state index contributed by atoms with van der Waals surface area (Å²) in [5.74, 6) is 1.40. The summed E-state index contributed by atoms with van der Waals surface area (Å²) in [6, 6.07) is 61.5. The number of para-hydroxylation sites is 3. The van der Waals surface area contributed by atoms with Crippen molar-refractivity contribution >= 4 is 87.1 Å². The molecule has 8 aromatic carbocycles. The standard InChI is InChI=1S/C51H31N3O2S/c1-2-12-30(13-3-1)49-52-50(54-51(53-49)40-20-11-19-38-35-16-4-7-21-42(35)56-48(38)40)33-15-10-14-32(26-33)41-27-34(28-44-47(41)39-18-5-8-22-43(39)55-44)31-24-25-37-36-17-6-9-23-45(36)57-46(37)29-31/h1-29,51H,(H,52,53,54). The number of rotatable bonds is 5. The Hall–Kier alpha value is -7.28. The minimum absolute atomic E-state index is 0.433. The molecular formula is C51H31N3O2S. The van der Waals surface area contributed by atoms with E-state index in [-0.39, 0.29) is 0 Å². The van der Waals surface area contributed by atoms with Crippen LogP contribution < -0.4 is 5.32 Å². The first-order valence-corrected chi connectivity index (χ1v) is 19.9. The third kappa shape index (κ3) is 5.22. The zero-order chi connectivity index (χ0) is 37.5. The highest BCUT2D eigenvalue weighted by Gasteiger charge is 2.25. The Kier molecular flexibility index (Phi) is 7.09. The van der Waals surface area contributed by atoms with E-state index in [1.807, 2.05) is 59.9 Å². The number of benzene rings is 8. The van der Waals surface area contributed by atoms with Crippen LogP contribution in [0.2, 0.25) is 0 Å².